The molecule has 0 bridgehead atoms. The van der Waals surface area contributed by atoms with Crippen molar-refractivity contribution >= 4 is 12.2 Å². The molecule has 3 rings (SSSR count). The Morgan fingerprint density at radius 2 is 2.23 bits per heavy atom. The van der Waals surface area contributed by atoms with Gasteiger partial charge in [-0.05, 0) is 63.7 Å². The molecule has 1 aliphatic heterocycles. The van der Waals surface area contributed by atoms with Crippen LogP contribution in [0.5, 0.6) is 0 Å². The van der Waals surface area contributed by atoms with E-state index in [9.17, 15) is 4.79 Å². The van der Waals surface area contributed by atoms with Crippen LogP contribution in [0.2, 0.25) is 0 Å². The first kappa shape index (κ1) is 15.1. The molecule has 1 aliphatic carbocycles. The van der Waals surface area contributed by atoms with Gasteiger partial charge in [0.2, 0.25) is 0 Å². The van der Waals surface area contributed by atoms with Gasteiger partial charge in [-0.3, -0.25) is 4.98 Å². The summed E-state index contributed by atoms with van der Waals surface area (Å²) in [5.41, 5.74) is 3.36. The molecule has 1 aromatic heterocycles. The second-order valence-electron chi connectivity index (χ2n) is 7.21. The molecule has 118 valence electrons. The maximum atomic E-state index is 12.3. The van der Waals surface area contributed by atoms with E-state index in [-0.39, 0.29) is 6.09 Å². The number of carbonyl (C=O) groups is 1. The minimum Gasteiger partial charge on any atom is -0.444 e. The lowest BCUT2D eigenvalue weighted by Gasteiger charge is -2.34. The Hall–Kier alpha value is -1.84. The number of nitrogens with zero attached hydrogens (tertiary/aromatic N) is 2. The molecule has 2 heterocycles. The number of hydrogen-bond acceptors (Lipinski definition) is 3. The van der Waals surface area contributed by atoms with Crippen LogP contribution in [0.1, 0.15) is 44.9 Å². The third-order valence-electron chi connectivity index (χ3n) is 4.24. The van der Waals surface area contributed by atoms with Gasteiger partial charge in [0.05, 0.1) is 5.69 Å². The van der Waals surface area contributed by atoms with Crippen LogP contribution in [0, 0.1) is 5.92 Å². The van der Waals surface area contributed by atoms with E-state index < -0.39 is 5.60 Å². The van der Waals surface area contributed by atoms with Crippen molar-refractivity contribution in [3.63, 3.8) is 0 Å². The van der Waals surface area contributed by atoms with E-state index >= 15 is 0 Å². The summed E-state index contributed by atoms with van der Waals surface area (Å²) in [7, 11) is 0. The highest BCUT2D eigenvalue weighted by molar-refractivity contribution is 5.68. The van der Waals surface area contributed by atoms with Crippen LogP contribution in [0.25, 0.3) is 6.08 Å². The summed E-state index contributed by atoms with van der Waals surface area (Å²) in [6.45, 7) is 7.29. The van der Waals surface area contributed by atoms with Crippen molar-refractivity contribution < 1.29 is 9.53 Å². The molecule has 1 saturated heterocycles. The molecule has 4 nitrogen and oxygen atoms in total. The summed E-state index contributed by atoms with van der Waals surface area (Å²) in [5.74, 6) is 0.426. The lowest BCUT2D eigenvalue weighted by molar-refractivity contribution is 0.0182. The Labute approximate surface area is 132 Å². The van der Waals surface area contributed by atoms with Crippen LogP contribution in [0.3, 0.4) is 0 Å². The summed E-state index contributed by atoms with van der Waals surface area (Å²) in [6.07, 6.45) is 7.00. The predicted octanol–water partition coefficient (Wildman–Crippen LogP) is 3.67. The third-order valence-corrected chi connectivity index (χ3v) is 4.24. The molecular weight excluding hydrogens is 276 g/mol. The minimum absolute atomic E-state index is 0.188. The van der Waals surface area contributed by atoms with E-state index in [4.69, 9.17) is 4.74 Å². The fraction of sp³-hybridized carbons (Fsp3) is 0.556. The first-order valence-electron chi connectivity index (χ1n) is 8.05. The molecule has 1 amide bonds. The van der Waals surface area contributed by atoms with Gasteiger partial charge in [-0.1, -0.05) is 11.6 Å². The van der Waals surface area contributed by atoms with Gasteiger partial charge in [0.15, 0.2) is 0 Å². The second-order valence-corrected chi connectivity index (χ2v) is 7.21. The summed E-state index contributed by atoms with van der Waals surface area (Å²) in [4.78, 5) is 18.5. The fourth-order valence-corrected chi connectivity index (χ4v) is 3.21. The average Bonchev–Trinajstić information content (AvgIpc) is 2.89. The zero-order valence-corrected chi connectivity index (χ0v) is 13.6. The largest absolute Gasteiger partial charge is 0.444 e. The van der Waals surface area contributed by atoms with Gasteiger partial charge < -0.3 is 9.64 Å². The summed E-state index contributed by atoms with van der Waals surface area (Å²) in [6, 6.07) is 4.13. The Morgan fingerprint density at radius 1 is 1.41 bits per heavy atom. The summed E-state index contributed by atoms with van der Waals surface area (Å²) >= 11 is 0. The molecule has 0 saturated carbocycles. The minimum atomic E-state index is -0.434. The second kappa shape index (κ2) is 5.75. The highest BCUT2D eigenvalue weighted by atomic mass is 16.6. The van der Waals surface area contributed by atoms with E-state index in [0.29, 0.717) is 5.92 Å². The number of hydrogen-bond donors (Lipinski definition) is 0. The van der Waals surface area contributed by atoms with Gasteiger partial charge in [-0.25, -0.2) is 4.79 Å². The van der Waals surface area contributed by atoms with E-state index in [1.165, 1.54) is 11.1 Å². The van der Waals surface area contributed by atoms with E-state index in [0.717, 1.165) is 38.0 Å². The zero-order chi connectivity index (χ0) is 15.7. The van der Waals surface area contributed by atoms with Gasteiger partial charge in [-0.2, -0.15) is 0 Å². The van der Waals surface area contributed by atoms with Gasteiger partial charge in [0, 0.05) is 19.3 Å². The highest BCUT2D eigenvalue weighted by Crippen LogP contribution is 2.33. The number of aromatic nitrogens is 1. The Morgan fingerprint density at radius 3 is 2.95 bits per heavy atom. The number of amides is 1. The molecule has 1 aromatic rings. The van der Waals surface area contributed by atoms with Crippen molar-refractivity contribution in [3.05, 3.63) is 35.2 Å². The van der Waals surface area contributed by atoms with Gasteiger partial charge in [0.25, 0.3) is 0 Å². The topological polar surface area (TPSA) is 42.4 Å². The van der Waals surface area contributed by atoms with Crippen molar-refractivity contribution in [2.75, 3.05) is 13.1 Å². The number of likely N-dealkylation sites (tertiary alicyclic amines) is 1. The summed E-state index contributed by atoms with van der Waals surface area (Å²) < 4.78 is 5.51. The van der Waals surface area contributed by atoms with Crippen molar-refractivity contribution in [2.45, 2.75) is 45.6 Å². The number of fused-ring (bicyclic) bond motifs is 1. The molecular formula is C18H24N2O2. The number of carbonyl (C=O) groups excluding carboxylic acids is 1. The predicted molar refractivity (Wildman–Crippen MR) is 86.4 cm³/mol. The smallest absolute Gasteiger partial charge is 0.410 e. The molecule has 1 unspecified atom stereocenters. The SMILES string of the molecule is CC(C)(C)OC(=O)N1CCCC(C2=Cc3ncccc3C2)C1. The maximum absolute atomic E-state index is 12.3. The van der Waals surface area contributed by atoms with Crippen molar-refractivity contribution in [2.24, 2.45) is 5.92 Å². The molecule has 22 heavy (non-hydrogen) atoms. The van der Waals surface area contributed by atoms with Crippen LogP contribution >= 0.6 is 0 Å². The van der Waals surface area contributed by atoms with Gasteiger partial charge >= 0.3 is 6.09 Å². The van der Waals surface area contributed by atoms with E-state index in [2.05, 4.69) is 17.1 Å². The molecule has 1 atom stereocenters. The van der Waals surface area contributed by atoms with Crippen LogP contribution in [0.15, 0.2) is 23.9 Å². The lowest BCUT2D eigenvalue weighted by atomic mass is 9.89. The Balaban J connectivity index is 1.66. The third kappa shape index (κ3) is 3.32. The highest BCUT2D eigenvalue weighted by Gasteiger charge is 2.30. The van der Waals surface area contributed by atoms with Gasteiger partial charge in [0.1, 0.15) is 5.60 Å². The summed E-state index contributed by atoms with van der Waals surface area (Å²) in [5, 5.41) is 0. The lowest BCUT2D eigenvalue weighted by Crippen LogP contribution is -2.43. The van der Waals surface area contributed by atoms with Crippen LogP contribution in [-0.4, -0.2) is 34.7 Å². The van der Waals surface area contributed by atoms with Gasteiger partial charge in [-0.15, -0.1) is 0 Å². The monoisotopic (exact) mass is 300 g/mol. The Kier molecular flexibility index (Phi) is 3.94. The Bertz CT molecular complexity index is 601. The van der Waals surface area contributed by atoms with Crippen LogP contribution < -0.4 is 0 Å². The first-order valence-corrected chi connectivity index (χ1v) is 8.05. The first-order chi connectivity index (χ1) is 10.4. The quantitative estimate of drug-likeness (QED) is 0.794. The number of pyridine rings is 1. The molecule has 0 aromatic carbocycles. The van der Waals surface area contributed by atoms with Crippen LogP contribution in [0.4, 0.5) is 4.79 Å². The normalized spacial score (nSPS) is 21.3. The molecule has 0 N–H and O–H groups in total. The number of piperidine rings is 1. The zero-order valence-electron chi connectivity index (χ0n) is 13.6. The molecule has 0 spiro atoms. The molecule has 0 radical (unpaired) electrons. The standard InChI is InChI=1S/C18H24N2O2/c1-18(2,3)22-17(21)20-9-5-7-14(12-20)15-10-13-6-4-8-19-16(13)11-15/h4,6,8,11,14H,5,7,9-10,12H2,1-3H3. The average molecular weight is 300 g/mol. The van der Waals surface area contributed by atoms with Crippen LogP contribution in [-0.2, 0) is 11.2 Å². The number of rotatable bonds is 1. The van der Waals surface area contributed by atoms with Crippen molar-refractivity contribution in [1.29, 1.82) is 0 Å². The van der Waals surface area contributed by atoms with Crippen molar-refractivity contribution in [1.82, 2.24) is 9.88 Å². The van der Waals surface area contributed by atoms with E-state index in [1.54, 1.807) is 0 Å². The fourth-order valence-electron chi connectivity index (χ4n) is 3.21. The molecule has 2 aliphatic rings. The van der Waals surface area contributed by atoms with Crippen molar-refractivity contribution in [3.8, 4) is 0 Å². The maximum Gasteiger partial charge on any atom is 0.410 e. The van der Waals surface area contributed by atoms with E-state index in [1.807, 2.05) is 37.9 Å². The number of ether oxygens (including phenoxy) is 1. The molecule has 4 heteroatoms. The molecule has 1 fully saturated rings.